The van der Waals surface area contributed by atoms with Crippen molar-refractivity contribution in [3.8, 4) is 0 Å². The molecule has 3 aliphatic carbocycles. The van der Waals surface area contributed by atoms with Crippen molar-refractivity contribution in [1.29, 1.82) is 0 Å². The molecule has 3 saturated carbocycles. The SMILES string of the molecule is C=CC1CC1(NC(=O)[C@@H]1C[C@@H](N)CN1C(=O)[C@@H](NC(=O)CC1CC1)C(C)(C)C)C(=O)NS(=O)(=O)C1CC1. The van der Waals surface area contributed by atoms with Crippen LogP contribution >= 0.6 is 0 Å². The first-order valence-electron chi connectivity index (χ1n) is 13.0. The van der Waals surface area contributed by atoms with Crippen molar-refractivity contribution in [2.24, 2.45) is 23.0 Å². The number of nitrogens with zero attached hydrogens (tertiary/aromatic N) is 1. The van der Waals surface area contributed by atoms with Gasteiger partial charge in [-0.2, -0.15) is 0 Å². The van der Waals surface area contributed by atoms with Gasteiger partial charge in [0.2, 0.25) is 27.7 Å². The molecule has 4 rings (SSSR count). The summed E-state index contributed by atoms with van der Waals surface area (Å²) in [4.78, 5) is 54.1. The van der Waals surface area contributed by atoms with Crippen LogP contribution in [0.25, 0.3) is 0 Å². The van der Waals surface area contributed by atoms with E-state index in [0.29, 0.717) is 25.2 Å². The second-order valence-electron chi connectivity index (χ2n) is 12.2. The van der Waals surface area contributed by atoms with Crippen LogP contribution in [-0.4, -0.2) is 72.4 Å². The standard InChI is InChI=1S/C25H39N5O6S/c1-5-15-12-25(15,23(34)29-37(35,36)17-8-9-17)28-21(32)18-11-16(26)13-30(18)22(33)20(24(2,3)4)27-19(31)10-14-6-7-14/h5,14-18,20H,1,6-13,26H2,2-4H3,(H,27,31)(H,28,32)(H,29,34)/t15?,16-,18+,20-,25?/m1/s1. The summed E-state index contributed by atoms with van der Waals surface area (Å²) in [7, 11) is -3.80. The lowest BCUT2D eigenvalue weighted by Gasteiger charge is -2.35. The number of hydrogen-bond acceptors (Lipinski definition) is 7. The maximum Gasteiger partial charge on any atom is 0.259 e. The van der Waals surface area contributed by atoms with Gasteiger partial charge in [0.25, 0.3) is 5.91 Å². The number of nitrogens with two attached hydrogens (primary N) is 1. The monoisotopic (exact) mass is 537 g/mol. The predicted molar refractivity (Wildman–Crippen MR) is 136 cm³/mol. The fraction of sp³-hybridized carbons (Fsp3) is 0.760. The first kappa shape index (κ1) is 27.6. The van der Waals surface area contributed by atoms with Crippen molar-refractivity contribution in [3.05, 3.63) is 12.7 Å². The van der Waals surface area contributed by atoms with Crippen LogP contribution in [0.15, 0.2) is 12.7 Å². The molecule has 4 aliphatic rings. The summed E-state index contributed by atoms with van der Waals surface area (Å²) < 4.78 is 26.8. The summed E-state index contributed by atoms with van der Waals surface area (Å²) in [5.41, 5.74) is 4.10. The Balaban J connectivity index is 1.49. The Morgan fingerprint density at radius 3 is 2.32 bits per heavy atom. The van der Waals surface area contributed by atoms with E-state index in [1.165, 1.54) is 11.0 Å². The quantitative estimate of drug-likeness (QED) is 0.283. The number of carbonyl (C=O) groups excluding carboxylic acids is 4. The van der Waals surface area contributed by atoms with Crippen LogP contribution in [-0.2, 0) is 29.2 Å². The minimum Gasteiger partial charge on any atom is -0.344 e. The van der Waals surface area contributed by atoms with Gasteiger partial charge >= 0.3 is 0 Å². The van der Waals surface area contributed by atoms with Crippen molar-refractivity contribution in [2.45, 2.75) is 94.6 Å². The summed E-state index contributed by atoms with van der Waals surface area (Å²) in [6.45, 7) is 9.36. The number of amides is 4. The third kappa shape index (κ3) is 6.00. The predicted octanol–water partition coefficient (Wildman–Crippen LogP) is -0.0851. The fourth-order valence-electron chi connectivity index (χ4n) is 5.00. The minimum atomic E-state index is -3.80. The van der Waals surface area contributed by atoms with Crippen molar-refractivity contribution in [3.63, 3.8) is 0 Å². The third-order valence-electron chi connectivity index (χ3n) is 7.76. The Bertz CT molecular complexity index is 1090. The first-order valence-corrected chi connectivity index (χ1v) is 14.6. The van der Waals surface area contributed by atoms with Crippen LogP contribution in [0.5, 0.6) is 0 Å². The van der Waals surface area contributed by atoms with E-state index in [1.807, 2.05) is 20.8 Å². The Labute approximate surface area is 218 Å². The zero-order chi connectivity index (χ0) is 27.3. The van der Waals surface area contributed by atoms with Crippen LogP contribution in [0.2, 0.25) is 0 Å². The second-order valence-corrected chi connectivity index (χ2v) is 14.2. The largest absolute Gasteiger partial charge is 0.344 e. The van der Waals surface area contributed by atoms with Gasteiger partial charge in [0.1, 0.15) is 17.6 Å². The molecule has 2 unspecified atom stereocenters. The van der Waals surface area contributed by atoms with Gasteiger partial charge in [0, 0.05) is 24.9 Å². The van der Waals surface area contributed by atoms with E-state index < -0.39 is 68.0 Å². The molecule has 11 nitrogen and oxygen atoms in total. The summed E-state index contributed by atoms with van der Waals surface area (Å²) in [5, 5.41) is 5.01. The van der Waals surface area contributed by atoms with Gasteiger partial charge in [0.05, 0.1) is 5.25 Å². The highest BCUT2D eigenvalue weighted by Crippen LogP contribution is 2.45. The number of sulfonamides is 1. The molecule has 12 heteroatoms. The molecule has 4 fully saturated rings. The molecule has 0 radical (unpaired) electrons. The van der Waals surface area contributed by atoms with E-state index in [2.05, 4.69) is 21.9 Å². The molecule has 206 valence electrons. The van der Waals surface area contributed by atoms with Crippen molar-refractivity contribution < 1.29 is 27.6 Å². The lowest BCUT2D eigenvalue weighted by Crippen LogP contribution is -2.60. The summed E-state index contributed by atoms with van der Waals surface area (Å²) >= 11 is 0. The maximum atomic E-state index is 13.7. The zero-order valence-corrected chi connectivity index (χ0v) is 22.6. The van der Waals surface area contributed by atoms with Gasteiger partial charge in [-0.1, -0.05) is 26.8 Å². The number of rotatable bonds is 10. The Morgan fingerprint density at radius 2 is 1.81 bits per heavy atom. The van der Waals surface area contributed by atoms with Crippen molar-refractivity contribution >= 4 is 33.7 Å². The number of likely N-dealkylation sites (tertiary alicyclic amines) is 1. The highest BCUT2D eigenvalue weighted by molar-refractivity contribution is 7.91. The summed E-state index contributed by atoms with van der Waals surface area (Å²) in [6.07, 6.45) is 5.28. The lowest BCUT2D eigenvalue weighted by molar-refractivity contribution is -0.144. The van der Waals surface area contributed by atoms with Gasteiger partial charge in [0.15, 0.2) is 0 Å². The van der Waals surface area contributed by atoms with Gasteiger partial charge in [-0.25, -0.2) is 8.42 Å². The van der Waals surface area contributed by atoms with Gasteiger partial charge in [-0.15, -0.1) is 6.58 Å². The molecular weight excluding hydrogens is 498 g/mol. The van der Waals surface area contributed by atoms with Crippen LogP contribution in [0.1, 0.15) is 65.7 Å². The minimum absolute atomic E-state index is 0.127. The molecule has 0 spiro atoms. The maximum absolute atomic E-state index is 13.7. The zero-order valence-electron chi connectivity index (χ0n) is 21.8. The fourth-order valence-corrected chi connectivity index (χ4v) is 6.36. The molecule has 0 aromatic carbocycles. The molecule has 0 bridgehead atoms. The number of nitrogens with one attached hydrogen (secondary N) is 3. The van der Waals surface area contributed by atoms with Crippen LogP contribution in [0.4, 0.5) is 0 Å². The van der Waals surface area contributed by atoms with E-state index in [0.717, 1.165) is 12.8 Å². The van der Waals surface area contributed by atoms with E-state index in [-0.39, 0.29) is 25.3 Å². The normalized spacial score (nSPS) is 30.3. The van der Waals surface area contributed by atoms with Gasteiger partial charge < -0.3 is 21.3 Å². The van der Waals surface area contributed by atoms with Crippen LogP contribution in [0.3, 0.4) is 0 Å². The molecule has 0 aromatic heterocycles. The summed E-state index contributed by atoms with van der Waals surface area (Å²) in [6, 6.07) is -2.28. The smallest absolute Gasteiger partial charge is 0.259 e. The number of hydrogen-bond donors (Lipinski definition) is 4. The first-order chi connectivity index (χ1) is 17.2. The Kier molecular flexibility index (Phi) is 7.21. The Hall–Kier alpha value is -2.47. The van der Waals surface area contributed by atoms with E-state index in [4.69, 9.17) is 5.73 Å². The highest BCUT2D eigenvalue weighted by atomic mass is 32.2. The van der Waals surface area contributed by atoms with Crippen molar-refractivity contribution in [1.82, 2.24) is 20.3 Å². The molecule has 4 amide bonds. The van der Waals surface area contributed by atoms with E-state index >= 15 is 0 Å². The van der Waals surface area contributed by atoms with E-state index in [1.54, 1.807) is 0 Å². The highest BCUT2D eigenvalue weighted by Gasteiger charge is 2.62. The molecular formula is C25H39N5O6S. The summed E-state index contributed by atoms with van der Waals surface area (Å²) in [5.74, 6) is -2.06. The molecule has 5 atom stereocenters. The van der Waals surface area contributed by atoms with Crippen molar-refractivity contribution in [2.75, 3.05) is 6.54 Å². The molecule has 0 aromatic rings. The average molecular weight is 538 g/mol. The van der Waals surface area contributed by atoms with Crippen LogP contribution < -0.4 is 21.1 Å². The van der Waals surface area contributed by atoms with Gasteiger partial charge in [-0.3, -0.25) is 23.9 Å². The van der Waals surface area contributed by atoms with Gasteiger partial charge in [-0.05, 0) is 49.9 Å². The molecule has 1 heterocycles. The molecule has 5 N–H and O–H groups in total. The van der Waals surface area contributed by atoms with E-state index in [9.17, 15) is 27.6 Å². The van der Waals surface area contributed by atoms with Crippen LogP contribution in [0, 0.1) is 17.3 Å². The topological polar surface area (TPSA) is 168 Å². The molecule has 1 saturated heterocycles. The third-order valence-corrected chi connectivity index (χ3v) is 9.58. The average Bonchev–Trinajstić information content (AvgIpc) is 3.66. The lowest BCUT2D eigenvalue weighted by atomic mass is 9.85. The Morgan fingerprint density at radius 1 is 1.16 bits per heavy atom. The number of carbonyl (C=O) groups is 4. The molecule has 1 aliphatic heterocycles. The molecule has 37 heavy (non-hydrogen) atoms. The second kappa shape index (κ2) is 9.68.